The van der Waals surface area contributed by atoms with E-state index >= 15 is 0 Å². The van der Waals surface area contributed by atoms with Crippen molar-refractivity contribution in [2.24, 2.45) is 0 Å². The zero-order valence-electron chi connectivity index (χ0n) is 45.4. The SMILES string of the molecule is Cc1cccc(C)c1B1N(c2[c-]c(N3B(c4c(C)cccc4C)N(c4ccccc4)c4cccnc43)ccc2)c2[c-]c(-n3[c-][n+](-c4cccc5c6ccccc6n(C6=CC=CCC6)c45)c4ccccc43)ccc2N1c1ccccc1.[Pt]. The van der Waals surface area contributed by atoms with Crippen LogP contribution in [0.2, 0.25) is 0 Å². The summed E-state index contributed by atoms with van der Waals surface area (Å²) < 4.78 is 6.93. The first-order valence-corrected chi connectivity index (χ1v) is 27.7. The Labute approximate surface area is 488 Å². The van der Waals surface area contributed by atoms with Crippen molar-refractivity contribution in [1.82, 2.24) is 14.1 Å². The van der Waals surface area contributed by atoms with Crippen molar-refractivity contribution in [3.8, 4) is 11.4 Å². The molecular formula is C70H54B2N8Pt-2. The number of pyridine rings is 1. The summed E-state index contributed by atoms with van der Waals surface area (Å²) >= 11 is 0. The predicted molar refractivity (Wildman–Crippen MR) is 332 cm³/mol. The number of aromatic nitrogens is 4. The number of rotatable bonds is 9. The van der Waals surface area contributed by atoms with Crippen LogP contribution in [0, 0.1) is 46.2 Å². The molecule has 0 N–H and O–H groups in total. The zero-order chi connectivity index (χ0) is 53.6. The monoisotopic (exact) mass is 1220 g/mol. The molecule has 8 nitrogen and oxygen atoms in total. The summed E-state index contributed by atoms with van der Waals surface area (Å²) in [6.07, 6.45) is 14.5. The van der Waals surface area contributed by atoms with Gasteiger partial charge in [0.2, 0.25) is 0 Å². The molecule has 81 heavy (non-hydrogen) atoms. The third-order valence-electron chi connectivity index (χ3n) is 16.6. The number of imidazole rings is 1. The van der Waals surface area contributed by atoms with Gasteiger partial charge in [0.1, 0.15) is 5.82 Å². The molecule has 2 aliphatic heterocycles. The van der Waals surface area contributed by atoms with Crippen LogP contribution in [0.25, 0.3) is 49.9 Å². The van der Waals surface area contributed by atoms with E-state index in [9.17, 15) is 0 Å². The van der Waals surface area contributed by atoms with E-state index < -0.39 is 0 Å². The Morgan fingerprint density at radius 3 is 1.78 bits per heavy atom. The van der Waals surface area contributed by atoms with Crippen molar-refractivity contribution in [2.45, 2.75) is 40.5 Å². The molecule has 0 unspecified atom stereocenters. The van der Waals surface area contributed by atoms with E-state index in [4.69, 9.17) is 4.98 Å². The van der Waals surface area contributed by atoms with Crippen LogP contribution in [0.5, 0.6) is 0 Å². The first-order valence-electron chi connectivity index (χ1n) is 27.7. The van der Waals surface area contributed by atoms with Gasteiger partial charge in [0, 0.05) is 55.1 Å². The van der Waals surface area contributed by atoms with Gasteiger partial charge in [-0.25, -0.2) is 4.98 Å². The van der Waals surface area contributed by atoms with E-state index in [1.807, 2.05) is 12.3 Å². The molecule has 0 amide bonds. The normalized spacial score (nSPS) is 13.9. The van der Waals surface area contributed by atoms with Gasteiger partial charge in [0.05, 0.1) is 33.4 Å². The number of para-hydroxylation sites is 6. The Bertz CT molecular complexity index is 4450. The van der Waals surface area contributed by atoms with E-state index in [0.717, 1.165) is 86.4 Å². The Hall–Kier alpha value is -9.10. The molecule has 0 radical (unpaired) electrons. The van der Waals surface area contributed by atoms with Crippen molar-refractivity contribution < 1.29 is 25.6 Å². The van der Waals surface area contributed by atoms with Crippen LogP contribution >= 0.6 is 0 Å². The number of benzene rings is 9. The number of fused-ring (bicyclic) bond motifs is 6. The molecule has 392 valence electrons. The quantitative estimate of drug-likeness (QED) is 0.0818. The van der Waals surface area contributed by atoms with Crippen LogP contribution in [0.15, 0.2) is 231 Å². The number of nitrogens with zero attached hydrogens (tertiary/aromatic N) is 8. The molecule has 11 heteroatoms. The van der Waals surface area contributed by atoms with Gasteiger partial charge in [-0.3, -0.25) is 4.57 Å². The Balaban J connectivity index is 0.00000589. The standard InChI is InChI=1S/C70H54B2N8.Pt/c1-48-23-18-24-49(2)67(48)71-77(53-29-10-6-11-30-53)63-43-42-55(74-47-75(62-39-17-16-38-61(62)74)64-40-21-36-59-58-35-14-15-37-60(58)76(69(59)64)52-27-8-5-9-28-52)46-66(63)79(71)56-33-20-34-57(45-56)80-70-65(41-22-44-73-70)78(54-31-12-7-13-32-54)72(80)68-50(3)25-19-26-51(68)4;/h5-8,10-27,29-44H,9,28H2,1-4H3;/q-2;. The van der Waals surface area contributed by atoms with Crippen LogP contribution in [0.3, 0.4) is 0 Å². The molecule has 0 saturated heterocycles. The van der Waals surface area contributed by atoms with Crippen LogP contribution in [0.4, 0.5) is 45.6 Å². The van der Waals surface area contributed by atoms with E-state index in [1.54, 1.807) is 0 Å². The minimum atomic E-state index is -0.315. The fourth-order valence-electron chi connectivity index (χ4n) is 13.1. The number of hydrogen-bond donors (Lipinski definition) is 0. The van der Waals surface area contributed by atoms with Gasteiger partial charge < -0.3 is 28.4 Å². The molecule has 0 fully saturated rings. The summed E-state index contributed by atoms with van der Waals surface area (Å²) in [6.45, 7) is 8.35. The number of hydrogen-bond acceptors (Lipinski definition) is 5. The topological polar surface area (TPSA) is 39.6 Å². The van der Waals surface area contributed by atoms with Crippen molar-refractivity contribution in [3.05, 3.63) is 271 Å². The van der Waals surface area contributed by atoms with E-state index in [2.05, 4.69) is 298 Å². The first kappa shape index (κ1) is 50.1. The van der Waals surface area contributed by atoms with Gasteiger partial charge in [0.15, 0.2) is 0 Å². The van der Waals surface area contributed by atoms with Crippen LogP contribution in [0.1, 0.15) is 35.1 Å². The second kappa shape index (κ2) is 20.2. The van der Waals surface area contributed by atoms with Gasteiger partial charge in [0.25, 0.3) is 6.33 Å². The Morgan fingerprint density at radius 2 is 1.09 bits per heavy atom. The van der Waals surface area contributed by atoms with Crippen molar-refractivity contribution in [2.75, 3.05) is 19.2 Å². The third kappa shape index (κ3) is 8.02. The molecule has 3 aromatic heterocycles. The van der Waals surface area contributed by atoms with E-state index in [0.29, 0.717) is 0 Å². The molecule has 0 saturated carbocycles. The maximum Gasteiger partial charge on any atom is 0.420 e. The molecular weight excluding hydrogens is 1170 g/mol. The van der Waals surface area contributed by atoms with Crippen molar-refractivity contribution >= 4 is 109 Å². The molecule has 0 bridgehead atoms. The largest absolute Gasteiger partial charge is 0.420 e. The van der Waals surface area contributed by atoms with Crippen LogP contribution in [-0.2, 0) is 21.1 Å². The zero-order valence-corrected chi connectivity index (χ0v) is 47.7. The van der Waals surface area contributed by atoms with Crippen LogP contribution < -0.4 is 34.7 Å². The molecule has 5 heterocycles. The van der Waals surface area contributed by atoms with Gasteiger partial charge in [-0.1, -0.05) is 185 Å². The minimum Gasteiger partial charge on any atom is -0.415 e. The Kier molecular flexibility index (Phi) is 12.5. The number of allylic oxidation sites excluding steroid dienone is 4. The summed E-state index contributed by atoms with van der Waals surface area (Å²) in [7, 11) is 0. The van der Waals surface area contributed by atoms with E-state index in [1.165, 1.54) is 55.2 Å². The maximum atomic E-state index is 5.20. The number of anilines is 8. The molecule has 0 atom stereocenters. The smallest absolute Gasteiger partial charge is 0.415 e. The van der Waals surface area contributed by atoms with Crippen molar-refractivity contribution in [3.63, 3.8) is 0 Å². The summed E-state index contributed by atoms with van der Waals surface area (Å²) in [4.78, 5) is 15.0. The predicted octanol–water partition coefficient (Wildman–Crippen LogP) is 14.6. The third-order valence-corrected chi connectivity index (χ3v) is 16.6. The molecule has 9 aromatic carbocycles. The fourth-order valence-corrected chi connectivity index (χ4v) is 13.1. The minimum absolute atomic E-state index is 0. The van der Waals surface area contributed by atoms with Gasteiger partial charge in [-0.05, 0) is 112 Å². The fraction of sp³-hybridized carbons (Fsp3) is 0.0857. The van der Waals surface area contributed by atoms with Crippen LogP contribution in [-0.4, -0.2) is 28.1 Å². The first-order chi connectivity index (χ1) is 39.4. The summed E-state index contributed by atoms with van der Waals surface area (Å²) in [5.41, 5.74) is 21.9. The van der Waals surface area contributed by atoms with Gasteiger partial charge >= 0.3 is 14.0 Å². The molecule has 12 aromatic rings. The molecule has 0 spiro atoms. The average Bonchev–Trinajstić information content (AvgIpc) is 4.33. The summed E-state index contributed by atoms with van der Waals surface area (Å²) in [5.74, 6) is 0.872. The molecule has 1 aliphatic carbocycles. The average molecular weight is 1220 g/mol. The van der Waals surface area contributed by atoms with Gasteiger partial charge in [-0.15, -0.1) is 18.2 Å². The second-order valence-corrected chi connectivity index (χ2v) is 21.3. The Morgan fingerprint density at radius 1 is 0.494 bits per heavy atom. The van der Waals surface area contributed by atoms with Gasteiger partial charge in [-0.2, -0.15) is 24.3 Å². The second-order valence-electron chi connectivity index (χ2n) is 21.3. The molecule has 3 aliphatic rings. The van der Waals surface area contributed by atoms with Crippen molar-refractivity contribution in [1.29, 1.82) is 0 Å². The maximum absolute atomic E-state index is 5.20. The van der Waals surface area contributed by atoms with E-state index in [-0.39, 0.29) is 35.0 Å². The number of aryl methyl sites for hydroxylation is 4. The summed E-state index contributed by atoms with van der Waals surface area (Å²) in [6, 6.07) is 82.5. The molecule has 15 rings (SSSR count). The summed E-state index contributed by atoms with van der Waals surface area (Å²) in [5, 5.41) is 2.45.